The Bertz CT molecular complexity index is 800. The summed E-state index contributed by atoms with van der Waals surface area (Å²) in [6, 6.07) is 13.4. The first-order chi connectivity index (χ1) is 10.2. The topological polar surface area (TPSA) is 37.3 Å². The SMILES string of the molecule is Fc1ccc(/C=N\Nc2ccnc3cc(Cl)ccc23)cc1. The maximum Gasteiger partial charge on any atom is 0.123 e. The molecule has 0 saturated heterocycles. The lowest BCUT2D eigenvalue weighted by atomic mass is 10.2. The second-order valence-corrected chi connectivity index (χ2v) is 4.88. The molecule has 21 heavy (non-hydrogen) atoms. The van der Waals surface area contributed by atoms with Crippen molar-refractivity contribution in [3.63, 3.8) is 0 Å². The average Bonchev–Trinajstić information content (AvgIpc) is 2.49. The lowest BCUT2D eigenvalue weighted by Gasteiger charge is -2.05. The quantitative estimate of drug-likeness (QED) is 0.572. The molecule has 0 atom stereocenters. The third kappa shape index (κ3) is 3.17. The first-order valence-electron chi connectivity index (χ1n) is 6.31. The molecule has 3 aromatic rings. The second kappa shape index (κ2) is 5.89. The minimum absolute atomic E-state index is 0.267. The van der Waals surface area contributed by atoms with Crippen LogP contribution in [0.5, 0.6) is 0 Å². The van der Waals surface area contributed by atoms with Crippen molar-refractivity contribution in [2.75, 3.05) is 5.43 Å². The molecule has 1 aromatic heterocycles. The van der Waals surface area contributed by atoms with Gasteiger partial charge in [-0.25, -0.2) is 4.39 Å². The maximum atomic E-state index is 12.8. The highest BCUT2D eigenvalue weighted by Gasteiger charge is 2.01. The molecule has 0 unspecified atom stereocenters. The normalized spacial score (nSPS) is 11.1. The summed E-state index contributed by atoms with van der Waals surface area (Å²) in [5.74, 6) is -0.267. The number of hydrogen-bond donors (Lipinski definition) is 1. The lowest BCUT2D eigenvalue weighted by molar-refractivity contribution is 0.628. The third-order valence-electron chi connectivity index (χ3n) is 2.97. The number of rotatable bonds is 3. The lowest BCUT2D eigenvalue weighted by Crippen LogP contribution is -1.93. The van der Waals surface area contributed by atoms with Crippen LogP contribution < -0.4 is 5.43 Å². The van der Waals surface area contributed by atoms with Gasteiger partial charge in [-0.15, -0.1) is 0 Å². The Hall–Kier alpha value is -2.46. The zero-order valence-corrected chi connectivity index (χ0v) is 11.7. The predicted molar refractivity (Wildman–Crippen MR) is 84.4 cm³/mol. The summed E-state index contributed by atoms with van der Waals surface area (Å²) in [5, 5.41) is 5.73. The first kappa shape index (κ1) is 13.5. The van der Waals surface area contributed by atoms with E-state index in [0.29, 0.717) is 5.02 Å². The standard InChI is InChI=1S/C16H11ClFN3/c17-12-3-6-14-15(7-8-19-16(14)9-12)21-20-10-11-1-4-13(18)5-2-11/h1-10H,(H,19,21)/b20-10-. The van der Waals surface area contributed by atoms with Gasteiger partial charge in [-0.3, -0.25) is 10.4 Å². The number of aromatic nitrogens is 1. The molecule has 3 nitrogen and oxygen atoms in total. The van der Waals surface area contributed by atoms with Gasteiger partial charge in [-0.05, 0) is 42.0 Å². The largest absolute Gasteiger partial charge is 0.278 e. The van der Waals surface area contributed by atoms with E-state index in [1.807, 2.05) is 12.1 Å². The van der Waals surface area contributed by atoms with Crippen molar-refractivity contribution in [2.45, 2.75) is 0 Å². The summed E-state index contributed by atoms with van der Waals surface area (Å²) in [4.78, 5) is 4.26. The highest BCUT2D eigenvalue weighted by Crippen LogP contribution is 2.24. The molecular weight excluding hydrogens is 289 g/mol. The van der Waals surface area contributed by atoms with E-state index in [9.17, 15) is 4.39 Å². The zero-order chi connectivity index (χ0) is 14.7. The van der Waals surface area contributed by atoms with Gasteiger partial charge in [0.25, 0.3) is 0 Å². The molecule has 0 aliphatic rings. The molecule has 3 rings (SSSR count). The van der Waals surface area contributed by atoms with Crippen LogP contribution in [0.15, 0.2) is 59.8 Å². The van der Waals surface area contributed by atoms with Crippen molar-refractivity contribution in [1.82, 2.24) is 4.98 Å². The Labute approximate surface area is 126 Å². The molecule has 0 radical (unpaired) electrons. The van der Waals surface area contributed by atoms with Gasteiger partial charge in [-0.1, -0.05) is 23.7 Å². The Morgan fingerprint density at radius 1 is 1.10 bits per heavy atom. The van der Waals surface area contributed by atoms with Crippen LogP contribution in [-0.4, -0.2) is 11.2 Å². The smallest absolute Gasteiger partial charge is 0.123 e. The van der Waals surface area contributed by atoms with Crippen molar-refractivity contribution in [2.24, 2.45) is 5.10 Å². The van der Waals surface area contributed by atoms with E-state index in [-0.39, 0.29) is 5.82 Å². The number of nitrogens with zero attached hydrogens (tertiary/aromatic N) is 2. The van der Waals surface area contributed by atoms with Crippen LogP contribution in [0.25, 0.3) is 10.9 Å². The number of nitrogens with one attached hydrogen (secondary N) is 1. The highest BCUT2D eigenvalue weighted by molar-refractivity contribution is 6.31. The Kier molecular flexibility index (Phi) is 3.79. The van der Waals surface area contributed by atoms with E-state index >= 15 is 0 Å². The van der Waals surface area contributed by atoms with E-state index in [0.717, 1.165) is 22.2 Å². The summed E-state index contributed by atoms with van der Waals surface area (Å²) in [5.41, 5.74) is 5.40. The Morgan fingerprint density at radius 2 is 1.90 bits per heavy atom. The van der Waals surface area contributed by atoms with Crippen molar-refractivity contribution in [1.29, 1.82) is 0 Å². The van der Waals surface area contributed by atoms with Crippen LogP contribution in [0.1, 0.15) is 5.56 Å². The number of pyridine rings is 1. The Balaban J connectivity index is 1.83. The van der Waals surface area contributed by atoms with Crippen molar-refractivity contribution in [3.05, 3.63) is 71.1 Å². The first-order valence-corrected chi connectivity index (χ1v) is 6.69. The van der Waals surface area contributed by atoms with Gasteiger partial charge in [-0.2, -0.15) is 5.10 Å². The van der Waals surface area contributed by atoms with E-state index in [2.05, 4.69) is 15.5 Å². The predicted octanol–water partition coefficient (Wildman–Crippen LogP) is 4.47. The van der Waals surface area contributed by atoms with Gasteiger partial charge in [0, 0.05) is 16.6 Å². The van der Waals surface area contributed by atoms with Gasteiger partial charge >= 0.3 is 0 Å². The van der Waals surface area contributed by atoms with Gasteiger partial charge in [0.2, 0.25) is 0 Å². The molecule has 0 amide bonds. The maximum absolute atomic E-state index is 12.8. The number of anilines is 1. The molecule has 0 aliphatic heterocycles. The van der Waals surface area contributed by atoms with Gasteiger partial charge < -0.3 is 0 Å². The molecule has 0 spiro atoms. The Morgan fingerprint density at radius 3 is 2.71 bits per heavy atom. The fraction of sp³-hybridized carbons (Fsp3) is 0. The average molecular weight is 300 g/mol. The van der Waals surface area contributed by atoms with Gasteiger partial charge in [0.1, 0.15) is 5.82 Å². The summed E-state index contributed by atoms with van der Waals surface area (Å²) in [6.45, 7) is 0. The van der Waals surface area contributed by atoms with E-state index in [1.54, 1.807) is 36.7 Å². The van der Waals surface area contributed by atoms with Crippen LogP contribution >= 0.6 is 11.6 Å². The number of hydrogen-bond acceptors (Lipinski definition) is 3. The van der Waals surface area contributed by atoms with Crippen LogP contribution in [0.4, 0.5) is 10.1 Å². The van der Waals surface area contributed by atoms with Gasteiger partial charge in [0.15, 0.2) is 0 Å². The summed E-state index contributed by atoms with van der Waals surface area (Å²) in [6.07, 6.45) is 3.32. The number of hydrazone groups is 1. The van der Waals surface area contributed by atoms with Gasteiger partial charge in [0.05, 0.1) is 17.4 Å². The molecule has 104 valence electrons. The minimum atomic E-state index is -0.267. The van der Waals surface area contributed by atoms with Crippen LogP contribution in [0.3, 0.4) is 0 Å². The minimum Gasteiger partial charge on any atom is -0.278 e. The summed E-state index contributed by atoms with van der Waals surface area (Å²) >= 11 is 5.95. The fourth-order valence-electron chi connectivity index (χ4n) is 1.94. The molecule has 1 heterocycles. The summed E-state index contributed by atoms with van der Waals surface area (Å²) < 4.78 is 12.8. The van der Waals surface area contributed by atoms with E-state index < -0.39 is 0 Å². The van der Waals surface area contributed by atoms with Crippen molar-refractivity contribution < 1.29 is 4.39 Å². The zero-order valence-electron chi connectivity index (χ0n) is 10.9. The fourth-order valence-corrected chi connectivity index (χ4v) is 2.11. The van der Waals surface area contributed by atoms with Crippen molar-refractivity contribution in [3.8, 4) is 0 Å². The van der Waals surface area contributed by atoms with Crippen LogP contribution in [0.2, 0.25) is 5.02 Å². The highest BCUT2D eigenvalue weighted by atomic mass is 35.5. The molecule has 2 aromatic carbocycles. The number of fused-ring (bicyclic) bond motifs is 1. The van der Waals surface area contributed by atoms with Crippen molar-refractivity contribution >= 4 is 34.4 Å². The van der Waals surface area contributed by atoms with E-state index in [1.165, 1.54) is 12.1 Å². The number of benzene rings is 2. The number of halogens is 2. The molecule has 1 N–H and O–H groups in total. The second-order valence-electron chi connectivity index (χ2n) is 4.44. The monoisotopic (exact) mass is 299 g/mol. The molecule has 5 heteroatoms. The molecular formula is C16H11ClFN3. The molecule has 0 saturated carbocycles. The molecule has 0 fully saturated rings. The molecule has 0 aliphatic carbocycles. The molecule has 0 bridgehead atoms. The summed E-state index contributed by atoms with van der Waals surface area (Å²) in [7, 11) is 0. The van der Waals surface area contributed by atoms with E-state index in [4.69, 9.17) is 11.6 Å². The third-order valence-corrected chi connectivity index (χ3v) is 3.21. The van der Waals surface area contributed by atoms with Crippen LogP contribution in [-0.2, 0) is 0 Å². The van der Waals surface area contributed by atoms with Crippen LogP contribution in [0, 0.1) is 5.82 Å².